The predicted octanol–water partition coefficient (Wildman–Crippen LogP) is 1.66. The van der Waals surface area contributed by atoms with Crippen LogP contribution in [0.1, 0.15) is 12.8 Å². The van der Waals surface area contributed by atoms with Crippen molar-refractivity contribution in [2.75, 3.05) is 40.4 Å². The van der Waals surface area contributed by atoms with Crippen LogP contribution in [-0.2, 0) is 9.53 Å². The van der Waals surface area contributed by atoms with Gasteiger partial charge in [0.15, 0.2) is 5.96 Å². The van der Waals surface area contributed by atoms with Crippen molar-refractivity contribution in [1.82, 2.24) is 10.2 Å². The average Bonchev–Trinajstić information content (AvgIpc) is 2.61. The van der Waals surface area contributed by atoms with Crippen LogP contribution in [0.3, 0.4) is 0 Å². The van der Waals surface area contributed by atoms with Crippen molar-refractivity contribution in [3.05, 3.63) is 30.1 Å². The van der Waals surface area contributed by atoms with Gasteiger partial charge in [0.2, 0.25) is 0 Å². The summed E-state index contributed by atoms with van der Waals surface area (Å²) in [5.74, 6) is 0.804. The van der Waals surface area contributed by atoms with E-state index in [9.17, 15) is 9.18 Å². The summed E-state index contributed by atoms with van der Waals surface area (Å²) in [6, 6.07) is 6.06. The summed E-state index contributed by atoms with van der Waals surface area (Å²) in [4.78, 5) is 17.9. The summed E-state index contributed by atoms with van der Waals surface area (Å²) in [7, 11) is 3.15. The number of rotatable bonds is 5. The lowest BCUT2D eigenvalue weighted by atomic mass is 9.97. The molecular weight excluding hydrogens is 313 g/mol. The molecule has 0 atom stereocenters. The molecule has 132 valence electrons. The highest BCUT2D eigenvalue weighted by atomic mass is 19.1. The number of carbonyl (C=O) groups is 1. The zero-order valence-corrected chi connectivity index (χ0v) is 14.1. The Hall–Kier alpha value is -2.31. The Bertz CT molecular complexity index is 572. The van der Waals surface area contributed by atoms with Crippen molar-refractivity contribution < 1.29 is 18.7 Å². The second kappa shape index (κ2) is 9.10. The van der Waals surface area contributed by atoms with Crippen LogP contribution in [0.4, 0.5) is 4.39 Å². The average molecular weight is 337 g/mol. The number of halogens is 1. The minimum atomic E-state index is -0.315. The molecule has 2 rings (SSSR count). The normalized spacial score (nSPS) is 16.0. The van der Waals surface area contributed by atoms with Crippen molar-refractivity contribution in [3.8, 4) is 5.75 Å². The Morgan fingerprint density at radius 2 is 2.17 bits per heavy atom. The summed E-state index contributed by atoms with van der Waals surface area (Å²) in [6.07, 6.45) is 1.51. The molecule has 0 aliphatic carbocycles. The van der Waals surface area contributed by atoms with Crippen LogP contribution in [0.2, 0.25) is 0 Å². The van der Waals surface area contributed by atoms with Crippen LogP contribution < -0.4 is 10.1 Å². The topological polar surface area (TPSA) is 63.2 Å². The molecule has 0 amide bonds. The van der Waals surface area contributed by atoms with E-state index in [1.165, 1.54) is 19.2 Å². The van der Waals surface area contributed by atoms with E-state index < -0.39 is 0 Å². The van der Waals surface area contributed by atoms with Gasteiger partial charge in [0, 0.05) is 26.2 Å². The van der Waals surface area contributed by atoms with Gasteiger partial charge >= 0.3 is 5.97 Å². The number of esters is 1. The number of hydrogen-bond acceptors (Lipinski definition) is 4. The van der Waals surface area contributed by atoms with Crippen LogP contribution in [0.5, 0.6) is 5.75 Å². The first-order valence-electron chi connectivity index (χ1n) is 8.06. The third-order valence-corrected chi connectivity index (χ3v) is 3.99. The molecule has 7 heteroatoms. The first kappa shape index (κ1) is 18.0. The van der Waals surface area contributed by atoms with Gasteiger partial charge < -0.3 is 19.7 Å². The molecule has 1 heterocycles. The molecule has 1 aromatic carbocycles. The van der Waals surface area contributed by atoms with Gasteiger partial charge in [-0.1, -0.05) is 6.07 Å². The first-order chi connectivity index (χ1) is 11.6. The van der Waals surface area contributed by atoms with Gasteiger partial charge in [-0.2, -0.15) is 0 Å². The summed E-state index contributed by atoms with van der Waals surface area (Å²) < 4.78 is 23.4. The monoisotopic (exact) mass is 337 g/mol. The number of piperidine rings is 1. The molecule has 0 unspecified atom stereocenters. The summed E-state index contributed by atoms with van der Waals surface area (Å²) in [5.41, 5.74) is 0. The van der Waals surface area contributed by atoms with Crippen molar-refractivity contribution in [1.29, 1.82) is 0 Å². The zero-order chi connectivity index (χ0) is 17.4. The Kier molecular flexibility index (Phi) is 6.84. The fourth-order valence-corrected chi connectivity index (χ4v) is 2.71. The molecule has 1 aliphatic rings. The first-order valence-corrected chi connectivity index (χ1v) is 8.06. The molecule has 24 heavy (non-hydrogen) atoms. The van der Waals surface area contributed by atoms with E-state index in [4.69, 9.17) is 9.47 Å². The number of carbonyl (C=O) groups excluding carboxylic acids is 1. The van der Waals surface area contributed by atoms with Crippen molar-refractivity contribution in [3.63, 3.8) is 0 Å². The fraction of sp³-hybridized carbons (Fsp3) is 0.529. The second-order valence-corrected chi connectivity index (χ2v) is 5.56. The predicted molar refractivity (Wildman–Crippen MR) is 89.6 cm³/mol. The molecule has 1 aliphatic heterocycles. The summed E-state index contributed by atoms with van der Waals surface area (Å²) in [6.45, 7) is 2.47. The van der Waals surface area contributed by atoms with Crippen LogP contribution in [0, 0.1) is 11.7 Å². The van der Waals surface area contributed by atoms with Gasteiger partial charge in [-0.3, -0.25) is 9.79 Å². The Labute approximate surface area is 141 Å². The maximum atomic E-state index is 13.1. The Morgan fingerprint density at radius 1 is 1.42 bits per heavy atom. The van der Waals surface area contributed by atoms with Crippen LogP contribution in [-0.4, -0.2) is 57.2 Å². The maximum absolute atomic E-state index is 13.1. The van der Waals surface area contributed by atoms with E-state index in [1.54, 1.807) is 19.2 Å². The number of likely N-dealkylation sites (tertiary alicyclic amines) is 1. The van der Waals surface area contributed by atoms with Gasteiger partial charge in [0.05, 0.1) is 19.6 Å². The molecule has 0 bridgehead atoms. The number of benzene rings is 1. The Balaban J connectivity index is 1.72. The SMILES string of the molecule is CN=C(NCCOc1cccc(F)c1)N1CCC(C(=O)OC)CC1. The number of methoxy groups -OCH3 is 1. The van der Waals surface area contributed by atoms with Gasteiger partial charge in [0.1, 0.15) is 18.2 Å². The maximum Gasteiger partial charge on any atom is 0.308 e. The lowest BCUT2D eigenvalue weighted by Crippen LogP contribution is -2.47. The van der Waals surface area contributed by atoms with E-state index in [1.807, 2.05) is 0 Å². The summed E-state index contributed by atoms with van der Waals surface area (Å²) in [5, 5.41) is 3.22. The van der Waals surface area contributed by atoms with E-state index in [0.717, 1.165) is 31.9 Å². The quantitative estimate of drug-likeness (QED) is 0.383. The van der Waals surface area contributed by atoms with Crippen LogP contribution in [0.25, 0.3) is 0 Å². The third-order valence-electron chi connectivity index (χ3n) is 3.99. The molecule has 1 fully saturated rings. The second-order valence-electron chi connectivity index (χ2n) is 5.56. The van der Waals surface area contributed by atoms with E-state index in [0.29, 0.717) is 18.9 Å². The zero-order valence-electron chi connectivity index (χ0n) is 14.1. The smallest absolute Gasteiger partial charge is 0.308 e. The standard InChI is InChI=1S/C17H24FN3O3/c1-19-17(21-9-6-13(7-10-21)16(22)23-2)20-8-11-24-15-5-3-4-14(18)12-15/h3-5,12-13H,6-11H2,1-2H3,(H,19,20). The molecule has 0 aromatic heterocycles. The molecule has 1 saturated heterocycles. The van der Waals surface area contributed by atoms with Gasteiger partial charge in [-0.05, 0) is 25.0 Å². The van der Waals surface area contributed by atoms with Gasteiger partial charge in [-0.15, -0.1) is 0 Å². The molecular formula is C17H24FN3O3. The third kappa shape index (κ3) is 5.11. The van der Waals surface area contributed by atoms with Gasteiger partial charge in [-0.25, -0.2) is 4.39 Å². The van der Waals surface area contributed by atoms with Gasteiger partial charge in [0.25, 0.3) is 0 Å². The highest BCUT2D eigenvalue weighted by Crippen LogP contribution is 2.18. The molecule has 0 spiro atoms. The molecule has 1 N–H and O–H groups in total. The molecule has 6 nitrogen and oxygen atoms in total. The largest absolute Gasteiger partial charge is 0.492 e. The fourth-order valence-electron chi connectivity index (χ4n) is 2.71. The minimum Gasteiger partial charge on any atom is -0.492 e. The lowest BCUT2D eigenvalue weighted by molar-refractivity contribution is -0.146. The minimum absolute atomic E-state index is 0.0272. The number of aliphatic imine (C=N–C) groups is 1. The van der Waals surface area contributed by atoms with E-state index in [-0.39, 0.29) is 17.7 Å². The number of nitrogens with zero attached hydrogens (tertiary/aromatic N) is 2. The highest BCUT2D eigenvalue weighted by Gasteiger charge is 2.26. The number of nitrogens with one attached hydrogen (secondary N) is 1. The van der Waals surface area contributed by atoms with Crippen molar-refractivity contribution >= 4 is 11.9 Å². The molecule has 1 aromatic rings. The van der Waals surface area contributed by atoms with Crippen LogP contribution >= 0.6 is 0 Å². The van der Waals surface area contributed by atoms with E-state index >= 15 is 0 Å². The van der Waals surface area contributed by atoms with Crippen molar-refractivity contribution in [2.24, 2.45) is 10.9 Å². The molecule has 0 saturated carbocycles. The number of ether oxygens (including phenoxy) is 2. The number of guanidine groups is 1. The Morgan fingerprint density at radius 3 is 2.79 bits per heavy atom. The van der Waals surface area contributed by atoms with Crippen molar-refractivity contribution in [2.45, 2.75) is 12.8 Å². The van der Waals surface area contributed by atoms with Crippen LogP contribution in [0.15, 0.2) is 29.3 Å². The highest BCUT2D eigenvalue weighted by molar-refractivity contribution is 5.80. The summed E-state index contributed by atoms with van der Waals surface area (Å²) >= 11 is 0. The lowest BCUT2D eigenvalue weighted by Gasteiger charge is -2.33. The number of hydrogen-bond donors (Lipinski definition) is 1. The molecule has 0 radical (unpaired) electrons. The van der Waals surface area contributed by atoms with E-state index in [2.05, 4.69) is 15.2 Å².